The third-order valence-electron chi connectivity index (χ3n) is 4.71. The number of halogens is 3. The highest BCUT2D eigenvalue weighted by atomic mass is 19.4. The Balaban J connectivity index is 1.64. The monoisotopic (exact) mass is 383 g/mol. The molecular formula is C19H24F3N3O2. The maximum absolute atomic E-state index is 12.8. The average Bonchev–Trinajstić information content (AvgIpc) is 2.96. The molecule has 0 bridgehead atoms. The lowest BCUT2D eigenvalue weighted by molar-refractivity contribution is -0.137. The van der Waals surface area contributed by atoms with Crippen LogP contribution in [0.15, 0.2) is 24.5 Å². The van der Waals surface area contributed by atoms with Crippen molar-refractivity contribution in [2.24, 2.45) is 0 Å². The molecule has 1 aliphatic rings. The first-order valence-corrected chi connectivity index (χ1v) is 9.06. The zero-order chi connectivity index (χ0) is 19.8. The molecule has 148 valence electrons. The molecule has 0 spiro atoms. The fourth-order valence-corrected chi connectivity index (χ4v) is 3.47. The second-order valence-electron chi connectivity index (χ2n) is 8.00. The zero-order valence-electron chi connectivity index (χ0n) is 15.6. The summed E-state index contributed by atoms with van der Waals surface area (Å²) in [6.07, 6.45) is 0.00754. The summed E-state index contributed by atoms with van der Waals surface area (Å²) in [5, 5.41) is 2.89. The number of nitrogens with one attached hydrogen (secondary N) is 1. The van der Waals surface area contributed by atoms with Gasteiger partial charge in [0.1, 0.15) is 5.60 Å². The molecule has 0 radical (unpaired) electrons. The Morgan fingerprint density at radius 3 is 2.44 bits per heavy atom. The Labute approximate surface area is 155 Å². The van der Waals surface area contributed by atoms with Gasteiger partial charge in [-0.1, -0.05) is 0 Å². The molecule has 1 aromatic heterocycles. The molecule has 0 unspecified atom stereocenters. The minimum absolute atomic E-state index is 0.0442. The van der Waals surface area contributed by atoms with Gasteiger partial charge in [-0.05, 0) is 64.7 Å². The number of carbonyl (C=O) groups excluding carboxylic acids is 1. The smallest absolute Gasteiger partial charge is 0.416 e. The number of imidazole rings is 1. The largest absolute Gasteiger partial charge is 0.444 e. The quantitative estimate of drug-likeness (QED) is 0.788. The summed E-state index contributed by atoms with van der Waals surface area (Å²) >= 11 is 0. The van der Waals surface area contributed by atoms with E-state index in [-0.39, 0.29) is 12.1 Å². The molecule has 1 saturated carbocycles. The number of carbonyl (C=O) groups is 1. The predicted molar refractivity (Wildman–Crippen MR) is 95.4 cm³/mol. The molecule has 1 N–H and O–H groups in total. The second kappa shape index (κ2) is 7.05. The fourth-order valence-electron chi connectivity index (χ4n) is 3.47. The van der Waals surface area contributed by atoms with Crippen LogP contribution in [0, 0.1) is 0 Å². The molecule has 8 heteroatoms. The van der Waals surface area contributed by atoms with Gasteiger partial charge < -0.3 is 14.6 Å². The highest BCUT2D eigenvalue weighted by molar-refractivity contribution is 5.76. The highest BCUT2D eigenvalue weighted by Crippen LogP contribution is 2.34. The SMILES string of the molecule is CC(C)(C)OC(=O)NC1CCC(n2cnc3cc(C(F)(F)F)ccc32)CC1. The minimum Gasteiger partial charge on any atom is -0.444 e. The first-order chi connectivity index (χ1) is 12.5. The number of ether oxygens (including phenoxy) is 1. The summed E-state index contributed by atoms with van der Waals surface area (Å²) in [5.74, 6) is 0. The van der Waals surface area contributed by atoms with E-state index in [9.17, 15) is 18.0 Å². The average molecular weight is 383 g/mol. The maximum Gasteiger partial charge on any atom is 0.416 e. The van der Waals surface area contributed by atoms with Crippen LogP contribution in [0.2, 0.25) is 0 Å². The van der Waals surface area contributed by atoms with Gasteiger partial charge >= 0.3 is 12.3 Å². The Morgan fingerprint density at radius 2 is 1.85 bits per heavy atom. The standard InChI is InChI=1S/C19H24F3N3O2/c1-18(2,3)27-17(26)24-13-5-7-14(8-6-13)25-11-23-15-10-12(19(20,21)22)4-9-16(15)25/h4,9-11,13-14H,5-8H2,1-3H3,(H,24,26). The van der Waals surface area contributed by atoms with Crippen molar-refractivity contribution in [1.82, 2.24) is 14.9 Å². The minimum atomic E-state index is -4.37. The van der Waals surface area contributed by atoms with Crippen LogP contribution in [0.25, 0.3) is 11.0 Å². The molecule has 1 aromatic carbocycles. The van der Waals surface area contributed by atoms with Gasteiger partial charge in [-0.2, -0.15) is 13.2 Å². The van der Waals surface area contributed by atoms with Crippen molar-refractivity contribution in [3.8, 4) is 0 Å². The molecule has 0 saturated heterocycles. The van der Waals surface area contributed by atoms with Crippen LogP contribution in [-0.2, 0) is 10.9 Å². The molecule has 1 aliphatic carbocycles. The number of amides is 1. The summed E-state index contributed by atoms with van der Waals surface area (Å²) in [5.41, 5.74) is -0.178. The predicted octanol–water partition coefficient (Wildman–Crippen LogP) is 5.06. The summed E-state index contributed by atoms with van der Waals surface area (Å²) in [7, 11) is 0. The molecular weight excluding hydrogens is 359 g/mol. The van der Waals surface area contributed by atoms with Crippen LogP contribution in [-0.4, -0.2) is 27.3 Å². The molecule has 3 rings (SSSR count). The van der Waals surface area contributed by atoms with Gasteiger partial charge in [0.05, 0.1) is 22.9 Å². The molecule has 1 amide bonds. The first-order valence-electron chi connectivity index (χ1n) is 9.06. The molecule has 5 nitrogen and oxygen atoms in total. The van der Waals surface area contributed by atoms with Crippen LogP contribution in [0.3, 0.4) is 0 Å². The van der Waals surface area contributed by atoms with Crippen LogP contribution in [0.5, 0.6) is 0 Å². The summed E-state index contributed by atoms with van der Waals surface area (Å²) in [4.78, 5) is 16.0. The highest BCUT2D eigenvalue weighted by Gasteiger charge is 2.31. The normalized spacial score (nSPS) is 21.3. The van der Waals surface area contributed by atoms with E-state index in [1.807, 2.05) is 25.3 Å². The number of hydrogen-bond donors (Lipinski definition) is 1. The van der Waals surface area contributed by atoms with Crippen molar-refractivity contribution < 1.29 is 22.7 Å². The van der Waals surface area contributed by atoms with Crippen molar-refractivity contribution in [2.45, 2.75) is 70.3 Å². The number of rotatable bonds is 2. The molecule has 0 atom stereocenters. The van der Waals surface area contributed by atoms with Gasteiger partial charge in [0.25, 0.3) is 0 Å². The molecule has 1 fully saturated rings. The number of aromatic nitrogens is 2. The number of fused-ring (bicyclic) bond motifs is 1. The number of alkyl halides is 3. The fraction of sp³-hybridized carbons (Fsp3) is 0.579. The topological polar surface area (TPSA) is 56.1 Å². The van der Waals surface area contributed by atoms with Crippen molar-refractivity contribution in [1.29, 1.82) is 0 Å². The van der Waals surface area contributed by atoms with Crippen molar-refractivity contribution >= 4 is 17.1 Å². The number of benzene rings is 1. The Bertz CT molecular complexity index is 816. The van der Waals surface area contributed by atoms with Crippen molar-refractivity contribution in [3.05, 3.63) is 30.1 Å². The van der Waals surface area contributed by atoms with Crippen LogP contribution < -0.4 is 5.32 Å². The van der Waals surface area contributed by atoms with E-state index in [4.69, 9.17) is 4.74 Å². The summed E-state index contributed by atoms with van der Waals surface area (Å²) in [6.45, 7) is 5.45. The van der Waals surface area contributed by atoms with Crippen LogP contribution >= 0.6 is 0 Å². The lowest BCUT2D eigenvalue weighted by atomic mass is 9.91. The van der Waals surface area contributed by atoms with Crippen molar-refractivity contribution in [3.63, 3.8) is 0 Å². The maximum atomic E-state index is 12.8. The Hall–Kier alpha value is -2.25. The molecule has 1 heterocycles. The number of hydrogen-bond acceptors (Lipinski definition) is 3. The van der Waals surface area contributed by atoms with Crippen molar-refractivity contribution in [2.75, 3.05) is 0 Å². The molecule has 2 aromatic rings. The van der Waals surface area contributed by atoms with E-state index in [0.29, 0.717) is 11.0 Å². The van der Waals surface area contributed by atoms with E-state index in [0.717, 1.165) is 37.8 Å². The van der Waals surface area contributed by atoms with E-state index >= 15 is 0 Å². The third-order valence-corrected chi connectivity index (χ3v) is 4.71. The third kappa shape index (κ3) is 4.73. The van der Waals surface area contributed by atoms with Gasteiger partial charge in [-0.15, -0.1) is 0 Å². The Kier molecular flexibility index (Phi) is 5.10. The lowest BCUT2D eigenvalue weighted by Gasteiger charge is -2.31. The second-order valence-corrected chi connectivity index (χ2v) is 8.00. The number of alkyl carbamates (subject to hydrolysis) is 1. The first kappa shape index (κ1) is 19.5. The van der Waals surface area contributed by atoms with E-state index < -0.39 is 23.4 Å². The van der Waals surface area contributed by atoms with Crippen LogP contribution in [0.1, 0.15) is 58.1 Å². The van der Waals surface area contributed by atoms with Gasteiger partial charge in [-0.3, -0.25) is 0 Å². The lowest BCUT2D eigenvalue weighted by Crippen LogP contribution is -2.41. The number of nitrogens with zero attached hydrogens (tertiary/aromatic N) is 2. The van der Waals surface area contributed by atoms with Gasteiger partial charge in [0.15, 0.2) is 0 Å². The van der Waals surface area contributed by atoms with Gasteiger partial charge in [-0.25, -0.2) is 9.78 Å². The molecule has 27 heavy (non-hydrogen) atoms. The molecule has 0 aliphatic heterocycles. The summed E-state index contributed by atoms with van der Waals surface area (Å²) in [6, 6.07) is 3.86. The van der Waals surface area contributed by atoms with E-state index in [1.165, 1.54) is 6.07 Å². The van der Waals surface area contributed by atoms with Crippen LogP contribution in [0.4, 0.5) is 18.0 Å². The van der Waals surface area contributed by atoms with Gasteiger partial charge in [0, 0.05) is 12.1 Å². The van der Waals surface area contributed by atoms with E-state index in [2.05, 4.69) is 10.3 Å². The summed E-state index contributed by atoms with van der Waals surface area (Å²) < 4.78 is 45.8. The zero-order valence-corrected chi connectivity index (χ0v) is 15.6. The van der Waals surface area contributed by atoms with E-state index in [1.54, 1.807) is 6.33 Å². The van der Waals surface area contributed by atoms with Gasteiger partial charge in [0.2, 0.25) is 0 Å². The Morgan fingerprint density at radius 1 is 1.19 bits per heavy atom.